The Hall–Kier alpha value is -3.26. The first-order valence-electron chi connectivity index (χ1n) is 8.93. The van der Waals surface area contributed by atoms with Crippen molar-refractivity contribution in [3.8, 4) is 0 Å². The van der Waals surface area contributed by atoms with Crippen LogP contribution in [0.15, 0.2) is 48.5 Å². The Morgan fingerprint density at radius 1 is 1.18 bits per heavy atom. The van der Waals surface area contributed by atoms with E-state index in [1.165, 1.54) is 18.2 Å². The molecule has 0 radical (unpaired) electrons. The Morgan fingerprint density at radius 3 is 2.46 bits per heavy atom. The first-order chi connectivity index (χ1) is 13.3. The number of nitro benzene ring substituents is 1. The topological polar surface area (TPSA) is 122 Å². The summed E-state index contributed by atoms with van der Waals surface area (Å²) in [6.07, 6.45) is 1.70. The number of hydrogen-bond acceptors (Lipinski definition) is 5. The molecule has 2 aromatic carbocycles. The van der Waals surface area contributed by atoms with Crippen molar-refractivity contribution in [3.63, 3.8) is 0 Å². The van der Waals surface area contributed by atoms with Gasteiger partial charge in [0.05, 0.1) is 17.2 Å². The molecule has 1 aliphatic carbocycles. The van der Waals surface area contributed by atoms with Crippen molar-refractivity contribution in [2.75, 3.05) is 11.9 Å². The van der Waals surface area contributed by atoms with Crippen molar-refractivity contribution < 1.29 is 19.6 Å². The minimum Gasteiger partial charge on any atom is -0.383 e. The molecular weight excluding hydrogens is 362 g/mol. The number of nitro groups is 1. The highest BCUT2D eigenvalue weighted by Crippen LogP contribution is 2.45. The molecule has 2 aromatic rings. The quantitative estimate of drug-likeness (QED) is 0.401. The number of nitrogens with zero attached hydrogens (tertiary/aromatic N) is 1. The molecule has 3 N–H and O–H groups in total. The molecule has 0 aliphatic heterocycles. The van der Waals surface area contributed by atoms with Gasteiger partial charge in [-0.05, 0) is 36.8 Å². The molecule has 1 saturated carbocycles. The Morgan fingerprint density at radius 2 is 1.86 bits per heavy atom. The minimum absolute atomic E-state index is 0.0253. The number of aliphatic hydroxyl groups is 1. The van der Waals surface area contributed by atoms with E-state index in [2.05, 4.69) is 10.6 Å². The predicted octanol–water partition coefficient (Wildman–Crippen LogP) is 2.26. The summed E-state index contributed by atoms with van der Waals surface area (Å²) in [5, 5.41) is 26.8. The van der Waals surface area contributed by atoms with Gasteiger partial charge in [0.2, 0.25) is 0 Å². The molecule has 2 amide bonds. The number of hydrogen-bond donors (Lipinski definition) is 3. The fraction of sp³-hybridized carbons (Fsp3) is 0.300. The normalized spacial score (nSPS) is 15.4. The summed E-state index contributed by atoms with van der Waals surface area (Å²) in [6, 6.07) is 13.0. The summed E-state index contributed by atoms with van der Waals surface area (Å²) >= 11 is 0. The summed E-state index contributed by atoms with van der Waals surface area (Å²) < 4.78 is 0. The van der Waals surface area contributed by atoms with E-state index in [9.17, 15) is 24.8 Å². The van der Waals surface area contributed by atoms with Crippen LogP contribution in [0.5, 0.6) is 0 Å². The molecule has 0 spiro atoms. The molecule has 0 saturated heterocycles. The van der Waals surface area contributed by atoms with Gasteiger partial charge < -0.3 is 15.7 Å². The van der Waals surface area contributed by atoms with Crippen LogP contribution < -0.4 is 10.6 Å². The zero-order chi connectivity index (χ0) is 20.3. The van der Waals surface area contributed by atoms with Crippen LogP contribution in [0.3, 0.4) is 0 Å². The van der Waals surface area contributed by atoms with E-state index in [0.717, 1.165) is 12.8 Å². The van der Waals surface area contributed by atoms with Gasteiger partial charge in [0.1, 0.15) is 5.60 Å². The molecule has 3 rings (SSSR count). The molecule has 0 aromatic heterocycles. The SMILES string of the molecule is Cc1ccc([N+](=O)[O-])cc1NC(=O)C(=O)NC[C@@](O)(c1ccccc1)C1CC1. The second kappa shape index (κ2) is 7.77. The number of non-ortho nitro benzene ring substituents is 1. The van der Waals surface area contributed by atoms with Crippen LogP contribution in [-0.4, -0.2) is 28.4 Å². The van der Waals surface area contributed by atoms with Gasteiger partial charge in [-0.25, -0.2) is 0 Å². The monoisotopic (exact) mass is 383 g/mol. The number of nitrogens with one attached hydrogen (secondary N) is 2. The second-order valence-electron chi connectivity index (χ2n) is 6.96. The molecule has 0 heterocycles. The van der Waals surface area contributed by atoms with Crippen molar-refractivity contribution in [2.45, 2.75) is 25.4 Å². The van der Waals surface area contributed by atoms with Gasteiger partial charge in [0, 0.05) is 12.1 Å². The summed E-state index contributed by atoms with van der Waals surface area (Å²) in [4.78, 5) is 34.7. The Balaban J connectivity index is 1.67. The number of carbonyl (C=O) groups is 2. The lowest BCUT2D eigenvalue weighted by atomic mass is 9.88. The largest absolute Gasteiger partial charge is 0.383 e. The lowest BCUT2D eigenvalue weighted by molar-refractivity contribution is -0.384. The zero-order valence-electron chi connectivity index (χ0n) is 15.3. The number of benzene rings is 2. The third kappa shape index (κ3) is 4.17. The Labute approximate surface area is 161 Å². The van der Waals surface area contributed by atoms with Gasteiger partial charge in [-0.1, -0.05) is 36.4 Å². The van der Waals surface area contributed by atoms with Crippen LogP contribution in [-0.2, 0) is 15.2 Å². The molecule has 146 valence electrons. The Kier molecular flexibility index (Phi) is 5.41. The van der Waals surface area contributed by atoms with Gasteiger partial charge in [-0.3, -0.25) is 19.7 Å². The average Bonchev–Trinajstić information content (AvgIpc) is 3.53. The highest BCUT2D eigenvalue weighted by Gasteiger charge is 2.45. The number of anilines is 1. The van der Waals surface area contributed by atoms with Crippen LogP contribution >= 0.6 is 0 Å². The Bertz CT molecular complexity index is 911. The van der Waals surface area contributed by atoms with Crippen molar-refractivity contribution in [3.05, 3.63) is 69.8 Å². The van der Waals surface area contributed by atoms with Gasteiger partial charge in [-0.15, -0.1) is 0 Å². The van der Waals surface area contributed by atoms with Crippen LogP contribution in [0.4, 0.5) is 11.4 Å². The number of carbonyl (C=O) groups excluding carboxylic acids is 2. The van der Waals surface area contributed by atoms with Crippen molar-refractivity contribution in [2.24, 2.45) is 5.92 Å². The van der Waals surface area contributed by atoms with Gasteiger partial charge in [0.25, 0.3) is 5.69 Å². The smallest absolute Gasteiger partial charge is 0.313 e. The molecule has 0 bridgehead atoms. The van der Waals surface area contributed by atoms with Gasteiger partial charge >= 0.3 is 11.8 Å². The van der Waals surface area contributed by atoms with E-state index in [4.69, 9.17) is 0 Å². The fourth-order valence-corrected chi connectivity index (χ4v) is 3.10. The molecular formula is C20H21N3O5. The predicted molar refractivity (Wildman–Crippen MR) is 103 cm³/mol. The first-order valence-corrected chi connectivity index (χ1v) is 8.93. The molecule has 0 unspecified atom stereocenters. The molecule has 8 heteroatoms. The van der Waals surface area contributed by atoms with Crippen LogP contribution in [0, 0.1) is 23.0 Å². The lowest BCUT2D eigenvalue weighted by Gasteiger charge is -2.29. The van der Waals surface area contributed by atoms with E-state index in [1.54, 1.807) is 19.1 Å². The zero-order valence-corrected chi connectivity index (χ0v) is 15.3. The van der Waals surface area contributed by atoms with Crippen LogP contribution in [0.25, 0.3) is 0 Å². The van der Waals surface area contributed by atoms with Crippen molar-refractivity contribution in [1.82, 2.24) is 5.32 Å². The van der Waals surface area contributed by atoms with Gasteiger partial charge in [-0.2, -0.15) is 0 Å². The summed E-state index contributed by atoms with van der Waals surface area (Å²) in [7, 11) is 0. The molecule has 8 nitrogen and oxygen atoms in total. The van der Waals surface area contributed by atoms with E-state index < -0.39 is 22.3 Å². The lowest BCUT2D eigenvalue weighted by Crippen LogP contribution is -2.45. The van der Waals surface area contributed by atoms with E-state index in [1.807, 2.05) is 18.2 Å². The van der Waals surface area contributed by atoms with Crippen LogP contribution in [0.2, 0.25) is 0 Å². The number of amides is 2. The van der Waals surface area contributed by atoms with Gasteiger partial charge in [0.15, 0.2) is 0 Å². The standard InChI is InChI=1S/C20H21N3O5/c1-13-7-10-16(23(27)28)11-17(13)22-19(25)18(24)21-12-20(26,15-8-9-15)14-5-3-2-4-6-14/h2-7,10-11,15,26H,8-9,12H2,1H3,(H,21,24)(H,22,25)/t20-/m1/s1. The first kappa shape index (κ1) is 19.5. The molecule has 1 atom stereocenters. The number of rotatable bonds is 6. The second-order valence-corrected chi connectivity index (χ2v) is 6.96. The van der Waals surface area contributed by atoms with E-state index in [-0.39, 0.29) is 23.8 Å². The number of aryl methyl sites for hydroxylation is 1. The fourth-order valence-electron chi connectivity index (χ4n) is 3.10. The molecule has 1 fully saturated rings. The maximum Gasteiger partial charge on any atom is 0.313 e. The minimum atomic E-state index is -1.24. The van der Waals surface area contributed by atoms with Crippen molar-refractivity contribution in [1.29, 1.82) is 0 Å². The maximum absolute atomic E-state index is 12.2. The third-order valence-electron chi connectivity index (χ3n) is 4.93. The summed E-state index contributed by atoms with van der Waals surface area (Å²) in [6.45, 7) is 1.57. The van der Waals surface area contributed by atoms with E-state index in [0.29, 0.717) is 11.1 Å². The summed E-state index contributed by atoms with van der Waals surface area (Å²) in [5.41, 5.74) is 0.0418. The van der Waals surface area contributed by atoms with E-state index >= 15 is 0 Å². The summed E-state index contributed by atoms with van der Waals surface area (Å²) in [5.74, 6) is -1.84. The highest BCUT2D eigenvalue weighted by molar-refractivity contribution is 6.39. The molecule has 1 aliphatic rings. The molecule has 28 heavy (non-hydrogen) atoms. The third-order valence-corrected chi connectivity index (χ3v) is 4.93. The highest BCUT2D eigenvalue weighted by atomic mass is 16.6. The van der Waals surface area contributed by atoms with Crippen molar-refractivity contribution >= 4 is 23.2 Å². The maximum atomic E-state index is 12.2. The van der Waals surface area contributed by atoms with Crippen LogP contribution in [0.1, 0.15) is 24.0 Å². The average molecular weight is 383 g/mol.